The Kier molecular flexibility index (Phi) is 5.62. The lowest BCUT2D eigenvalue weighted by molar-refractivity contribution is -0.303. The van der Waals surface area contributed by atoms with Gasteiger partial charge in [0.25, 0.3) is 0 Å². The molecule has 0 aromatic carbocycles. The van der Waals surface area contributed by atoms with Crippen LogP contribution in [0.2, 0.25) is 0 Å². The van der Waals surface area contributed by atoms with Crippen LogP contribution in [0.1, 0.15) is 38.5 Å². The van der Waals surface area contributed by atoms with Crippen molar-refractivity contribution in [2.45, 2.75) is 56.5 Å². The number of carboxylic acid groups (broad SMARTS) is 1. The molecule has 8 heteroatoms. The number of rotatable bonds is 4. The molecule has 2 aliphatic heterocycles. The summed E-state index contributed by atoms with van der Waals surface area (Å²) in [6, 6.07) is -0.0990. The van der Waals surface area contributed by atoms with E-state index >= 15 is 0 Å². The first-order valence-electron chi connectivity index (χ1n) is 8.99. The van der Waals surface area contributed by atoms with Crippen LogP contribution < -0.4 is 0 Å². The third-order valence-corrected chi connectivity index (χ3v) is 5.52. The number of carbonyl (C=O) groups is 1. The first kappa shape index (κ1) is 19.2. The molecule has 0 bridgehead atoms. The highest BCUT2D eigenvalue weighted by atomic mass is 19.4. The van der Waals surface area contributed by atoms with Crippen molar-refractivity contribution in [3.63, 3.8) is 0 Å². The van der Waals surface area contributed by atoms with E-state index in [-0.39, 0.29) is 29.7 Å². The number of halogens is 3. The summed E-state index contributed by atoms with van der Waals surface area (Å²) in [7, 11) is 0. The van der Waals surface area contributed by atoms with Crippen molar-refractivity contribution in [2.75, 3.05) is 19.7 Å². The van der Waals surface area contributed by atoms with E-state index in [2.05, 4.69) is 9.64 Å². The average molecular weight is 375 g/mol. The lowest BCUT2D eigenvalue weighted by Crippen LogP contribution is -2.51. The number of carboxylic acids is 1. The van der Waals surface area contributed by atoms with Gasteiger partial charge in [-0.05, 0) is 50.2 Å². The normalized spacial score (nSPS) is 29.4. The fourth-order valence-corrected chi connectivity index (χ4v) is 4.08. The third kappa shape index (κ3) is 5.01. The zero-order valence-corrected chi connectivity index (χ0v) is 14.5. The van der Waals surface area contributed by atoms with E-state index in [9.17, 15) is 18.0 Å². The molecule has 2 heterocycles. The fraction of sp³-hybridized carbons (Fsp3) is 0.722. The SMILES string of the molecule is O=C(O)CC1CCC2(CCN(C3C=C(OC(F)(F)F)C=CC3)CC2)OC1. The lowest BCUT2D eigenvalue weighted by atomic mass is 9.80. The van der Waals surface area contributed by atoms with Crippen LogP contribution in [0, 0.1) is 5.92 Å². The number of piperidine rings is 1. The molecular weight excluding hydrogens is 351 g/mol. The molecule has 1 spiro atoms. The standard InChI is InChI=1S/C18H24F3NO4/c19-18(20,21)26-15-3-1-2-14(11-15)22-8-6-17(7-9-22)5-4-13(12-25-17)10-16(23)24/h1,3,11,13-14H,2,4-10,12H2,(H,23,24). The van der Waals surface area contributed by atoms with E-state index in [1.54, 1.807) is 6.08 Å². The van der Waals surface area contributed by atoms with E-state index in [1.807, 2.05) is 0 Å². The highest BCUT2D eigenvalue weighted by Gasteiger charge is 2.41. The molecule has 3 aliphatic rings. The Morgan fingerprint density at radius 1 is 1.35 bits per heavy atom. The monoisotopic (exact) mass is 375 g/mol. The number of alkyl halides is 3. The maximum absolute atomic E-state index is 12.4. The summed E-state index contributed by atoms with van der Waals surface area (Å²) in [5, 5.41) is 8.88. The first-order chi connectivity index (χ1) is 12.2. The molecule has 2 fully saturated rings. The maximum atomic E-state index is 12.4. The Labute approximate surface area is 150 Å². The van der Waals surface area contributed by atoms with E-state index in [1.165, 1.54) is 12.2 Å². The second kappa shape index (κ2) is 7.60. The summed E-state index contributed by atoms with van der Waals surface area (Å²) in [6.07, 6.45) is 4.08. The number of allylic oxidation sites excluding steroid dienone is 1. The molecule has 26 heavy (non-hydrogen) atoms. The Bertz CT molecular complexity index is 569. The van der Waals surface area contributed by atoms with Crippen molar-refractivity contribution >= 4 is 5.97 Å². The smallest absolute Gasteiger partial charge is 0.481 e. The predicted molar refractivity (Wildman–Crippen MR) is 87.2 cm³/mol. The molecule has 0 aromatic heterocycles. The summed E-state index contributed by atoms with van der Waals surface area (Å²) >= 11 is 0. The third-order valence-electron chi connectivity index (χ3n) is 5.52. The summed E-state index contributed by atoms with van der Waals surface area (Å²) in [6.45, 7) is 1.97. The molecule has 3 rings (SSSR count). The quantitative estimate of drug-likeness (QED) is 0.815. The number of nitrogens with zero attached hydrogens (tertiary/aromatic N) is 1. The minimum atomic E-state index is -4.67. The molecule has 2 saturated heterocycles. The van der Waals surface area contributed by atoms with Gasteiger partial charge in [0.05, 0.1) is 18.6 Å². The van der Waals surface area contributed by atoms with E-state index < -0.39 is 12.3 Å². The maximum Gasteiger partial charge on any atom is 0.573 e. The zero-order chi connectivity index (χ0) is 18.8. The van der Waals surface area contributed by atoms with Gasteiger partial charge in [0.15, 0.2) is 0 Å². The number of ether oxygens (including phenoxy) is 2. The zero-order valence-electron chi connectivity index (χ0n) is 14.5. The Hall–Kier alpha value is -1.54. The Balaban J connectivity index is 1.51. The van der Waals surface area contributed by atoms with Crippen molar-refractivity contribution in [1.29, 1.82) is 0 Å². The van der Waals surface area contributed by atoms with Gasteiger partial charge in [0.2, 0.25) is 0 Å². The molecule has 0 aromatic rings. The minimum absolute atomic E-state index is 0.0737. The van der Waals surface area contributed by atoms with Crippen LogP contribution in [0.25, 0.3) is 0 Å². The molecular formula is C18H24F3NO4. The molecule has 146 valence electrons. The molecule has 0 amide bonds. The van der Waals surface area contributed by atoms with Crippen LogP contribution in [-0.2, 0) is 14.3 Å². The van der Waals surface area contributed by atoms with Gasteiger partial charge in [0.1, 0.15) is 5.76 Å². The van der Waals surface area contributed by atoms with Crippen molar-refractivity contribution < 1.29 is 32.5 Å². The van der Waals surface area contributed by atoms with Crippen molar-refractivity contribution in [3.8, 4) is 0 Å². The van der Waals surface area contributed by atoms with Crippen LogP contribution in [0.3, 0.4) is 0 Å². The average Bonchev–Trinajstić information content (AvgIpc) is 2.56. The van der Waals surface area contributed by atoms with Crippen molar-refractivity contribution in [1.82, 2.24) is 4.90 Å². The van der Waals surface area contributed by atoms with Gasteiger partial charge in [-0.25, -0.2) is 0 Å². The lowest BCUT2D eigenvalue weighted by Gasteiger charge is -2.47. The van der Waals surface area contributed by atoms with E-state index in [0.29, 0.717) is 13.0 Å². The van der Waals surface area contributed by atoms with Crippen LogP contribution in [0.5, 0.6) is 0 Å². The molecule has 2 atom stereocenters. The topological polar surface area (TPSA) is 59.0 Å². The van der Waals surface area contributed by atoms with Gasteiger partial charge in [-0.2, -0.15) is 0 Å². The van der Waals surface area contributed by atoms with Gasteiger partial charge in [-0.3, -0.25) is 9.69 Å². The highest BCUT2D eigenvalue weighted by molar-refractivity contribution is 5.67. The van der Waals surface area contributed by atoms with Crippen LogP contribution in [0.15, 0.2) is 24.0 Å². The summed E-state index contributed by atoms with van der Waals surface area (Å²) in [4.78, 5) is 13.0. The summed E-state index contributed by atoms with van der Waals surface area (Å²) in [5.74, 6) is -0.873. The molecule has 0 radical (unpaired) electrons. The Morgan fingerprint density at radius 3 is 2.65 bits per heavy atom. The van der Waals surface area contributed by atoms with Crippen LogP contribution in [0.4, 0.5) is 13.2 Å². The molecule has 0 saturated carbocycles. The molecule has 1 N–H and O–H groups in total. The fourth-order valence-electron chi connectivity index (χ4n) is 4.08. The number of hydrogen-bond donors (Lipinski definition) is 1. The van der Waals surface area contributed by atoms with Gasteiger partial charge < -0.3 is 14.6 Å². The molecule has 2 unspecified atom stereocenters. The second-order valence-corrected chi connectivity index (χ2v) is 7.35. The largest absolute Gasteiger partial charge is 0.573 e. The summed E-state index contributed by atoms with van der Waals surface area (Å²) < 4.78 is 47.3. The van der Waals surface area contributed by atoms with E-state index in [4.69, 9.17) is 9.84 Å². The second-order valence-electron chi connectivity index (χ2n) is 7.35. The van der Waals surface area contributed by atoms with E-state index in [0.717, 1.165) is 38.8 Å². The van der Waals surface area contributed by atoms with Crippen LogP contribution in [-0.4, -0.2) is 53.7 Å². The summed E-state index contributed by atoms with van der Waals surface area (Å²) in [5.41, 5.74) is -0.203. The van der Waals surface area contributed by atoms with Gasteiger partial charge in [-0.15, -0.1) is 13.2 Å². The van der Waals surface area contributed by atoms with Gasteiger partial charge in [0, 0.05) is 19.1 Å². The number of aliphatic carboxylic acids is 1. The Morgan fingerprint density at radius 2 is 2.08 bits per heavy atom. The predicted octanol–water partition coefficient (Wildman–Crippen LogP) is 3.47. The first-order valence-corrected chi connectivity index (χ1v) is 8.99. The van der Waals surface area contributed by atoms with Crippen molar-refractivity contribution in [3.05, 3.63) is 24.0 Å². The van der Waals surface area contributed by atoms with Crippen LogP contribution >= 0.6 is 0 Å². The molecule has 1 aliphatic carbocycles. The van der Waals surface area contributed by atoms with Gasteiger partial charge in [-0.1, -0.05) is 6.08 Å². The van der Waals surface area contributed by atoms with Crippen molar-refractivity contribution in [2.24, 2.45) is 5.92 Å². The highest BCUT2D eigenvalue weighted by Crippen LogP contribution is 2.38. The van der Waals surface area contributed by atoms with Gasteiger partial charge >= 0.3 is 12.3 Å². The molecule has 5 nitrogen and oxygen atoms in total. The number of hydrogen-bond acceptors (Lipinski definition) is 4. The number of likely N-dealkylation sites (tertiary alicyclic amines) is 1. The minimum Gasteiger partial charge on any atom is -0.481 e.